The van der Waals surface area contributed by atoms with Gasteiger partial charge < -0.3 is 19.7 Å². The van der Waals surface area contributed by atoms with Gasteiger partial charge in [0.05, 0.1) is 13.7 Å². The maximum atomic E-state index is 11.9. The number of nitrogens with zero attached hydrogens (tertiary/aromatic N) is 1. The number of likely N-dealkylation sites (tertiary alicyclic amines) is 1. The van der Waals surface area contributed by atoms with Crippen molar-refractivity contribution in [3.63, 3.8) is 0 Å². The highest BCUT2D eigenvalue weighted by atomic mass is 16.6. The summed E-state index contributed by atoms with van der Waals surface area (Å²) in [6, 6.07) is 6.50. The summed E-state index contributed by atoms with van der Waals surface area (Å²) >= 11 is 0. The van der Waals surface area contributed by atoms with Crippen molar-refractivity contribution in [1.29, 1.82) is 0 Å². The minimum atomic E-state index is -0.206. The normalized spacial score (nSPS) is 23.6. The molecule has 1 amide bonds. The van der Waals surface area contributed by atoms with Gasteiger partial charge in [-0.25, -0.2) is 4.79 Å². The van der Waals surface area contributed by atoms with E-state index in [4.69, 9.17) is 9.47 Å². The second-order valence-corrected chi connectivity index (χ2v) is 5.24. The third kappa shape index (κ3) is 2.17. The second-order valence-electron chi connectivity index (χ2n) is 5.24. The number of rotatable bonds is 2. The third-order valence-corrected chi connectivity index (χ3v) is 4.14. The Labute approximate surface area is 118 Å². The molecule has 2 aliphatic heterocycles. The van der Waals surface area contributed by atoms with E-state index in [1.807, 2.05) is 13.0 Å². The predicted octanol–water partition coefficient (Wildman–Crippen LogP) is 2.44. The van der Waals surface area contributed by atoms with Crippen LogP contribution in [0.25, 0.3) is 0 Å². The van der Waals surface area contributed by atoms with Crippen LogP contribution in [0, 0.1) is 0 Å². The average molecular weight is 276 g/mol. The van der Waals surface area contributed by atoms with Crippen molar-refractivity contribution in [3.05, 3.63) is 23.8 Å². The molecule has 20 heavy (non-hydrogen) atoms. The summed E-state index contributed by atoms with van der Waals surface area (Å²) in [5.41, 5.74) is 2.40. The molecule has 0 spiro atoms. The molecular formula is C15H20N2O3. The molecule has 1 aromatic carbocycles. The lowest BCUT2D eigenvalue weighted by Gasteiger charge is -2.34. The quantitative estimate of drug-likeness (QED) is 0.901. The summed E-state index contributed by atoms with van der Waals surface area (Å²) in [6.45, 7) is 3.71. The molecule has 1 fully saturated rings. The predicted molar refractivity (Wildman–Crippen MR) is 76.4 cm³/mol. The van der Waals surface area contributed by atoms with Crippen LogP contribution in [-0.2, 0) is 4.74 Å². The molecule has 2 unspecified atom stereocenters. The van der Waals surface area contributed by atoms with E-state index >= 15 is 0 Å². The van der Waals surface area contributed by atoms with Gasteiger partial charge in [0.25, 0.3) is 0 Å². The highest BCUT2D eigenvalue weighted by molar-refractivity contribution is 5.69. The first kappa shape index (κ1) is 13.1. The van der Waals surface area contributed by atoms with Crippen molar-refractivity contribution in [2.24, 2.45) is 0 Å². The van der Waals surface area contributed by atoms with Crippen LogP contribution in [0.4, 0.5) is 10.5 Å². The van der Waals surface area contributed by atoms with E-state index in [2.05, 4.69) is 17.4 Å². The van der Waals surface area contributed by atoms with Crippen LogP contribution in [-0.4, -0.2) is 43.8 Å². The summed E-state index contributed by atoms with van der Waals surface area (Å²) < 4.78 is 10.4. The number of fused-ring (bicyclic) bond motifs is 3. The van der Waals surface area contributed by atoms with Gasteiger partial charge in [-0.1, -0.05) is 0 Å². The molecule has 0 saturated carbocycles. The van der Waals surface area contributed by atoms with E-state index in [0.29, 0.717) is 25.1 Å². The molecule has 5 nitrogen and oxygen atoms in total. The van der Waals surface area contributed by atoms with Gasteiger partial charge in [0, 0.05) is 30.7 Å². The molecule has 2 aliphatic rings. The van der Waals surface area contributed by atoms with Crippen LogP contribution in [0.3, 0.4) is 0 Å². The maximum absolute atomic E-state index is 11.9. The fourth-order valence-corrected chi connectivity index (χ4v) is 3.13. The van der Waals surface area contributed by atoms with Gasteiger partial charge in [0.15, 0.2) is 0 Å². The van der Waals surface area contributed by atoms with Crippen LogP contribution < -0.4 is 10.1 Å². The lowest BCUT2D eigenvalue weighted by molar-refractivity contribution is 0.0949. The van der Waals surface area contributed by atoms with Crippen molar-refractivity contribution < 1.29 is 14.3 Å². The molecule has 0 aliphatic carbocycles. The van der Waals surface area contributed by atoms with Crippen LogP contribution >= 0.6 is 0 Å². The van der Waals surface area contributed by atoms with Crippen molar-refractivity contribution in [2.45, 2.75) is 25.3 Å². The molecule has 2 heterocycles. The molecule has 0 aromatic heterocycles. The van der Waals surface area contributed by atoms with Crippen molar-refractivity contribution >= 4 is 11.8 Å². The summed E-state index contributed by atoms with van der Waals surface area (Å²) in [4.78, 5) is 13.7. The summed E-state index contributed by atoms with van der Waals surface area (Å²) in [5, 5.41) is 3.54. The lowest BCUT2D eigenvalue weighted by atomic mass is 9.89. The smallest absolute Gasteiger partial charge is 0.409 e. The minimum absolute atomic E-state index is 0.206. The highest BCUT2D eigenvalue weighted by Crippen LogP contribution is 2.41. The molecule has 5 heteroatoms. The Kier molecular flexibility index (Phi) is 3.42. The van der Waals surface area contributed by atoms with Gasteiger partial charge in [0.2, 0.25) is 0 Å². The Hall–Kier alpha value is -1.91. The molecule has 1 saturated heterocycles. The number of methoxy groups -OCH3 is 1. The summed E-state index contributed by atoms with van der Waals surface area (Å²) in [6.07, 6.45) is 0.739. The number of carbonyl (C=O) groups is 1. The molecule has 1 N–H and O–H groups in total. The molecule has 1 aromatic rings. The second kappa shape index (κ2) is 5.23. The van der Waals surface area contributed by atoms with E-state index in [1.54, 1.807) is 12.0 Å². The Morgan fingerprint density at radius 1 is 1.50 bits per heavy atom. The fourth-order valence-electron chi connectivity index (χ4n) is 3.13. The fraction of sp³-hybridized carbons (Fsp3) is 0.533. The number of benzene rings is 1. The third-order valence-electron chi connectivity index (χ3n) is 4.14. The first-order valence-electron chi connectivity index (χ1n) is 7.09. The van der Waals surface area contributed by atoms with E-state index in [1.165, 1.54) is 5.56 Å². The largest absolute Gasteiger partial charge is 0.497 e. The molecule has 108 valence electrons. The van der Waals surface area contributed by atoms with Gasteiger partial charge >= 0.3 is 6.09 Å². The van der Waals surface area contributed by atoms with Crippen LogP contribution in [0.2, 0.25) is 0 Å². The van der Waals surface area contributed by atoms with E-state index in [0.717, 1.165) is 24.4 Å². The number of nitrogens with one attached hydrogen (secondary N) is 1. The van der Waals surface area contributed by atoms with Gasteiger partial charge in [0.1, 0.15) is 5.75 Å². The number of hydrogen-bond acceptors (Lipinski definition) is 4. The molecule has 3 rings (SSSR count). The molecular weight excluding hydrogens is 256 g/mol. The summed E-state index contributed by atoms with van der Waals surface area (Å²) in [7, 11) is 1.67. The van der Waals surface area contributed by atoms with Crippen molar-refractivity contribution in [2.75, 3.05) is 32.1 Å². The number of ether oxygens (including phenoxy) is 2. The average Bonchev–Trinajstić information content (AvgIpc) is 2.84. The molecule has 0 bridgehead atoms. The van der Waals surface area contributed by atoms with Gasteiger partial charge in [-0.2, -0.15) is 0 Å². The zero-order valence-corrected chi connectivity index (χ0v) is 11.9. The molecule has 0 radical (unpaired) electrons. The van der Waals surface area contributed by atoms with E-state index in [9.17, 15) is 4.79 Å². The number of piperidine rings is 1. The van der Waals surface area contributed by atoms with Gasteiger partial charge in [-0.3, -0.25) is 0 Å². The van der Waals surface area contributed by atoms with Crippen LogP contribution in [0.15, 0.2) is 18.2 Å². The Bertz CT molecular complexity index is 518. The lowest BCUT2D eigenvalue weighted by Crippen LogP contribution is -2.45. The monoisotopic (exact) mass is 276 g/mol. The maximum Gasteiger partial charge on any atom is 0.409 e. The Morgan fingerprint density at radius 3 is 3.10 bits per heavy atom. The number of amides is 1. The van der Waals surface area contributed by atoms with Crippen molar-refractivity contribution in [3.8, 4) is 5.75 Å². The first-order valence-corrected chi connectivity index (χ1v) is 7.09. The SMILES string of the molecule is CCOC(=O)N1CCC2Nc3ccc(OC)cc3C2C1. The van der Waals surface area contributed by atoms with Gasteiger partial charge in [-0.05, 0) is 37.1 Å². The standard InChI is InChI=1S/C15H20N2O3/c1-3-20-15(18)17-7-6-14-12(9-17)11-8-10(19-2)4-5-13(11)16-14/h4-5,8,12,14,16H,3,6-7,9H2,1-2H3. The first-order chi connectivity index (χ1) is 9.72. The van der Waals surface area contributed by atoms with Crippen LogP contribution in [0.5, 0.6) is 5.75 Å². The summed E-state index contributed by atoms with van der Waals surface area (Å²) in [5.74, 6) is 1.18. The highest BCUT2D eigenvalue weighted by Gasteiger charge is 2.38. The zero-order valence-electron chi connectivity index (χ0n) is 11.9. The molecule has 2 atom stereocenters. The van der Waals surface area contributed by atoms with E-state index in [-0.39, 0.29) is 6.09 Å². The topological polar surface area (TPSA) is 50.8 Å². The van der Waals surface area contributed by atoms with Crippen LogP contribution in [0.1, 0.15) is 24.8 Å². The number of hydrogen-bond donors (Lipinski definition) is 1. The number of anilines is 1. The van der Waals surface area contributed by atoms with Crippen molar-refractivity contribution in [1.82, 2.24) is 4.90 Å². The zero-order chi connectivity index (χ0) is 14.1. The number of carbonyl (C=O) groups excluding carboxylic acids is 1. The minimum Gasteiger partial charge on any atom is -0.497 e. The Morgan fingerprint density at radius 2 is 2.35 bits per heavy atom. The van der Waals surface area contributed by atoms with E-state index < -0.39 is 0 Å². The Balaban J connectivity index is 1.81. The van der Waals surface area contributed by atoms with Gasteiger partial charge in [-0.15, -0.1) is 0 Å².